The van der Waals surface area contributed by atoms with Crippen molar-refractivity contribution in [3.05, 3.63) is 18.7 Å². The van der Waals surface area contributed by atoms with Crippen molar-refractivity contribution in [3.8, 4) is 0 Å². The van der Waals surface area contributed by atoms with E-state index in [9.17, 15) is 4.79 Å². The van der Waals surface area contributed by atoms with E-state index in [2.05, 4.69) is 15.2 Å². The number of aromatic nitrogens is 2. The largest absolute Gasteiger partial charge is 0.343 e. The first-order valence-corrected chi connectivity index (χ1v) is 7.72. The minimum Gasteiger partial charge on any atom is -0.343 e. The zero-order chi connectivity index (χ0) is 13.8. The molecule has 2 fully saturated rings. The number of hydrogen-bond acceptors (Lipinski definition) is 3. The average molecular weight is 276 g/mol. The molecular formula is C15H24N4O. The van der Waals surface area contributed by atoms with Crippen molar-refractivity contribution in [2.24, 2.45) is 5.41 Å². The Morgan fingerprint density at radius 3 is 2.60 bits per heavy atom. The molecule has 2 saturated heterocycles. The zero-order valence-electron chi connectivity index (χ0n) is 12.1. The topological polar surface area (TPSA) is 50.2 Å². The van der Waals surface area contributed by atoms with Gasteiger partial charge in [-0.05, 0) is 44.2 Å². The molecule has 0 bridgehead atoms. The molecule has 3 heterocycles. The molecule has 1 amide bonds. The molecule has 0 aliphatic carbocycles. The number of carbonyl (C=O) groups excluding carboxylic acids is 1. The maximum atomic E-state index is 12.2. The molecule has 2 aliphatic rings. The Labute approximate surface area is 120 Å². The van der Waals surface area contributed by atoms with Crippen molar-refractivity contribution in [2.75, 3.05) is 26.2 Å². The summed E-state index contributed by atoms with van der Waals surface area (Å²) in [6.07, 6.45) is 11.0. The lowest BCUT2D eigenvalue weighted by atomic mass is 9.71. The van der Waals surface area contributed by atoms with Crippen molar-refractivity contribution >= 4 is 5.91 Å². The highest BCUT2D eigenvalue weighted by molar-refractivity contribution is 5.76. The van der Waals surface area contributed by atoms with Gasteiger partial charge in [-0.15, -0.1) is 0 Å². The molecule has 3 rings (SSSR count). The van der Waals surface area contributed by atoms with Crippen LogP contribution in [-0.2, 0) is 11.3 Å². The quantitative estimate of drug-likeness (QED) is 0.904. The molecular weight excluding hydrogens is 252 g/mol. The van der Waals surface area contributed by atoms with E-state index in [0.29, 0.717) is 17.7 Å². The Hall–Kier alpha value is -1.36. The van der Waals surface area contributed by atoms with Gasteiger partial charge >= 0.3 is 0 Å². The van der Waals surface area contributed by atoms with Crippen LogP contribution in [0.4, 0.5) is 0 Å². The predicted molar refractivity (Wildman–Crippen MR) is 77.2 cm³/mol. The first-order valence-electron chi connectivity index (χ1n) is 7.72. The normalized spacial score (nSPS) is 22.1. The summed E-state index contributed by atoms with van der Waals surface area (Å²) in [5.74, 6) is 0.294. The van der Waals surface area contributed by atoms with Gasteiger partial charge in [0.1, 0.15) is 0 Å². The second-order valence-corrected chi connectivity index (χ2v) is 6.18. The molecule has 110 valence electrons. The molecule has 20 heavy (non-hydrogen) atoms. The van der Waals surface area contributed by atoms with Crippen molar-refractivity contribution in [3.63, 3.8) is 0 Å². The van der Waals surface area contributed by atoms with Crippen LogP contribution in [0.25, 0.3) is 0 Å². The maximum absolute atomic E-state index is 12.2. The fourth-order valence-electron chi connectivity index (χ4n) is 3.49. The summed E-state index contributed by atoms with van der Waals surface area (Å²) < 4.78 is 1.97. The number of hydrogen-bond donors (Lipinski definition) is 1. The van der Waals surface area contributed by atoms with E-state index in [-0.39, 0.29) is 0 Å². The highest BCUT2D eigenvalue weighted by atomic mass is 16.2. The van der Waals surface area contributed by atoms with Crippen LogP contribution in [0, 0.1) is 5.41 Å². The monoisotopic (exact) mass is 276 g/mol. The number of piperidine rings is 2. The molecule has 5 nitrogen and oxygen atoms in total. The van der Waals surface area contributed by atoms with Gasteiger partial charge in [0.05, 0.1) is 6.33 Å². The van der Waals surface area contributed by atoms with E-state index in [4.69, 9.17) is 0 Å². The maximum Gasteiger partial charge on any atom is 0.224 e. The molecule has 0 unspecified atom stereocenters. The van der Waals surface area contributed by atoms with Crippen LogP contribution in [0.15, 0.2) is 18.7 Å². The van der Waals surface area contributed by atoms with Gasteiger partial charge in [0, 0.05) is 38.4 Å². The Morgan fingerprint density at radius 2 is 1.95 bits per heavy atom. The van der Waals surface area contributed by atoms with Crippen molar-refractivity contribution in [1.29, 1.82) is 0 Å². The summed E-state index contributed by atoms with van der Waals surface area (Å²) in [6.45, 7) is 4.93. The minimum atomic E-state index is 0.294. The molecule has 0 atom stereocenters. The van der Waals surface area contributed by atoms with Gasteiger partial charge in [0.2, 0.25) is 5.91 Å². The second kappa shape index (κ2) is 5.95. The minimum absolute atomic E-state index is 0.294. The molecule has 1 N–H and O–H groups in total. The van der Waals surface area contributed by atoms with Crippen LogP contribution in [-0.4, -0.2) is 46.5 Å². The molecule has 0 aromatic carbocycles. The molecule has 0 saturated carbocycles. The Balaban J connectivity index is 1.46. The summed E-state index contributed by atoms with van der Waals surface area (Å²) in [4.78, 5) is 18.3. The summed E-state index contributed by atoms with van der Waals surface area (Å²) in [5, 5.41) is 3.44. The Morgan fingerprint density at radius 1 is 1.20 bits per heavy atom. The van der Waals surface area contributed by atoms with Crippen LogP contribution in [0.1, 0.15) is 32.1 Å². The van der Waals surface area contributed by atoms with E-state index in [0.717, 1.165) is 32.7 Å². The lowest BCUT2D eigenvalue weighted by Gasteiger charge is -2.44. The van der Waals surface area contributed by atoms with Crippen LogP contribution in [0.2, 0.25) is 0 Å². The van der Waals surface area contributed by atoms with Crippen LogP contribution in [0.5, 0.6) is 0 Å². The van der Waals surface area contributed by atoms with Gasteiger partial charge in [0.15, 0.2) is 0 Å². The summed E-state index contributed by atoms with van der Waals surface area (Å²) in [7, 11) is 0. The predicted octanol–water partition coefficient (Wildman–Crippen LogP) is 1.27. The van der Waals surface area contributed by atoms with Gasteiger partial charge in [-0.25, -0.2) is 4.98 Å². The van der Waals surface area contributed by atoms with Crippen LogP contribution >= 0.6 is 0 Å². The highest BCUT2D eigenvalue weighted by Crippen LogP contribution is 2.39. The fourth-order valence-corrected chi connectivity index (χ4v) is 3.49. The third-order valence-electron chi connectivity index (χ3n) is 4.98. The Kier molecular flexibility index (Phi) is 4.05. The molecule has 5 heteroatoms. The molecule has 1 aromatic heterocycles. The summed E-state index contributed by atoms with van der Waals surface area (Å²) in [5.41, 5.74) is 0.520. The smallest absolute Gasteiger partial charge is 0.224 e. The average Bonchev–Trinajstić information content (AvgIpc) is 3.00. The third kappa shape index (κ3) is 3.03. The third-order valence-corrected chi connectivity index (χ3v) is 4.98. The van der Waals surface area contributed by atoms with Gasteiger partial charge in [-0.3, -0.25) is 4.79 Å². The van der Waals surface area contributed by atoms with Gasteiger partial charge in [-0.1, -0.05) is 0 Å². The van der Waals surface area contributed by atoms with E-state index < -0.39 is 0 Å². The fraction of sp³-hybridized carbons (Fsp3) is 0.733. The van der Waals surface area contributed by atoms with Gasteiger partial charge in [-0.2, -0.15) is 0 Å². The van der Waals surface area contributed by atoms with E-state index in [1.165, 1.54) is 25.7 Å². The lowest BCUT2D eigenvalue weighted by molar-refractivity contribution is -0.134. The summed E-state index contributed by atoms with van der Waals surface area (Å²) >= 11 is 0. The number of amides is 1. The molecule has 1 aromatic rings. The van der Waals surface area contributed by atoms with Gasteiger partial charge < -0.3 is 14.8 Å². The van der Waals surface area contributed by atoms with Crippen LogP contribution in [0.3, 0.4) is 0 Å². The van der Waals surface area contributed by atoms with E-state index in [1.54, 1.807) is 12.5 Å². The first kappa shape index (κ1) is 13.6. The van der Waals surface area contributed by atoms with Gasteiger partial charge in [0.25, 0.3) is 0 Å². The SMILES string of the molecule is O=C(CCn1ccnc1)N1CCC2(CCNCC2)CC1. The number of likely N-dealkylation sites (tertiary alicyclic amines) is 1. The zero-order valence-corrected chi connectivity index (χ0v) is 12.1. The number of aryl methyl sites for hydroxylation is 1. The number of nitrogens with one attached hydrogen (secondary N) is 1. The van der Waals surface area contributed by atoms with E-state index >= 15 is 0 Å². The molecule has 1 spiro atoms. The van der Waals surface area contributed by atoms with Crippen molar-refractivity contribution in [2.45, 2.75) is 38.6 Å². The summed E-state index contributed by atoms with van der Waals surface area (Å²) in [6, 6.07) is 0. The highest BCUT2D eigenvalue weighted by Gasteiger charge is 2.36. The Bertz CT molecular complexity index is 427. The van der Waals surface area contributed by atoms with Crippen LogP contribution < -0.4 is 5.32 Å². The molecule has 2 aliphatic heterocycles. The first-order chi connectivity index (χ1) is 9.77. The van der Waals surface area contributed by atoms with Crippen molar-refractivity contribution in [1.82, 2.24) is 19.8 Å². The van der Waals surface area contributed by atoms with Crippen molar-refractivity contribution < 1.29 is 4.79 Å². The second-order valence-electron chi connectivity index (χ2n) is 6.18. The molecule has 0 radical (unpaired) electrons. The standard InChI is InChI=1S/C15H24N4O/c20-14(1-9-18-12-8-17-13-18)19-10-4-15(5-11-19)2-6-16-7-3-15/h8,12-13,16H,1-7,9-11H2. The van der Waals surface area contributed by atoms with E-state index in [1.807, 2.05) is 10.8 Å². The number of carbonyl (C=O) groups is 1. The lowest BCUT2D eigenvalue weighted by Crippen LogP contribution is -2.47. The number of nitrogens with zero attached hydrogens (tertiary/aromatic N) is 3. The number of rotatable bonds is 3. The number of imidazole rings is 1.